The maximum Gasteiger partial charge on any atom is 0.214 e. The van der Waals surface area contributed by atoms with Crippen molar-refractivity contribution in [1.82, 2.24) is 9.21 Å². The largest absolute Gasteiger partial charge is 0.497 e. The van der Waals surface area contributed by atoms with Gasteiger partial charge in [-0.2, -0.15) is 4.31 Å². The minimum atomic E-state index is -3.28. The molecule has 2 saturated heterocycles. The zero-order valence-corrected chi connectivity index (χ0v) is 18.4. The van der Waals surface area contributed by atoms with Crippen LogP contribution in [0.5, 0.6) is 5.75 Å². The van der Waals surface area contributed by atoms with E-state index in [2.05, 4.69) is 17.0 Å². The maximum absolute atomic E-state index is 13.1. The van der Waals surface area contributed by atoms with Crippen molar-refractivity contribution in [3.05, 3.63) is 29.3 Å². The molecule has 0 radical (unpaired) electrons. The maximum atomic E-state index is 13.1. The van der Waals surface area contributed by atoms with Crippen LogP contribution in [0, 0.1) is 11.8 Å². The Bertz CT molecular complexity index is 816. The average Bonchev–Trinajstić information content (AvgIpc) is 2.70. The third-order valence-electron chi connectivity index (χ3n) is 6.74. The monoisotopic (exact) mass is 426 g/mol. The summed E-state index contributed by atoms with van der Waals surface area (Å²) in [6.07, 6.45) is 4.01. The molecule has 0 aromatic heterocycles. The molecule has 3 aliphatic heterocycles. The van der Waals surface area contributed by atoms with Crippen LogP contribution >= 0.6 is 11.6 Å². The number of halogens is 1. The van der Waals surface area contributed by atoms with E-state index in [-0.39, 0.29) is 17.7 Å². The third-order valence-corrected chi connectivity index (χ3v) is 9.42. The quantitative estimate of drug-likeness (QED) is 0.678. The Morgan fingerprint density at radius 1 is 1.32 bits per heavy atom. The summed E-state index contributed by atoms with van der Waals surface area (Å²) in [4.78, 5) is 2.58. The van der Waals surface area contributed by atoms with Crippen LogP contribution in [0.25, 0.3) is 0 Å². The van der Waals surface area contributed by atoms with Gasteiger partial charge in [-0.05, 0) is 60.8 Å². The van der Waals surface area contributed by atoms with Gasteiger partial charge in [0.25, 0.3) is 0 Å². The van der Waals surface area contributed by atoms with Crippen LogP contribution in [-0.4, -0.2) is 62.0 Å². The highest BCUT2D eigenvalue weighted by molar-refractivity contribution is 7.89. The number of methoxy groups -OCH3 is 1. The first-order valence-electron chi connectivity index (χ1n) is 10.4. The van der Waals surface area contributed by atoms with Gasteiger partial charge in [0.2, 0.25) is 10.0 Å². The molecular weight excluding hydrogens is 396 g/mol. The van der Waals surface area contributed by atoms with Crippen molar-refractivity contribution in [2.24, 2.45) is 11.8 Å². The van der Waals surface area contributed by atoms with Crippen LogP contribution in [0.2, 0.25) is 0 Å². The van der Waals surface area contributed by atoms with E-state index in [1.807, 2.05) is 17.3 Å². The molecule has 0 saturated carbocycles. The number of hydrogen-bond acceptors (Lipinski definition) is 4. The van der Waals surface area contributed by atoms with Gasteiger partial charge in [-0.1, -0.05) is 13.0 Å². The van der Waals surface area contributed by atoms with Crippen molar-refractivity contribution in [1.29, 1.82) is 0 Å². The predicted octanol–water partition coefficient (Wildman–Crippen LogP) is 3.28. The predicted molar refractivity (Wildman–Crippen MR) is 113 cm³/mol. The highest BCUT2D eigenvalue weighted by Gasteiger charge is 2.45. The van der Waals surface area contributed by atoms with Gasteiger partial charge in [-0.25, -0.2) is 8.42 Å². The van der Waals surface area contributed by atoms with Gasteiger partial charge in [-0.3, -0.25) is 4.90 Å². The Kier molecular flexibility index (Phi) is 5.94. The molecule has 4 atom stereocenters. The topological polar surface area (TPSA) is 49.9 Å². The number of alkyl halides is 1. The second-order valence-electron chi connectivity index (χ2n) is 8.68. The number of rotatable bonds is 5. The Morgan fingerprint density at radius 2 is 2.14 bits per heavy atom. The van der Waals surface area contributed by atoms with Crippen LogP contribution in [0.3, 0.4) is 0 Å². The standard InChI is InChI=1S/C21H31ClN2O3S/c1-15(12-22)14-28(25,26)24-8-3-4-17-13-23-9-7-16-10-18(27-2)5-6-19(16)21(23)11-20(17)24/h5-6,10,15,17,20-21H,3-4,7-9,11-14H2,1-2H3/t15?,17-,20+,21-/m0/s1. The fraction of sp³-hybridized carbons (Fsp3) is 0.714. The molecule has 7 heteroatoms. The molecular formula is C21H31ClN2O3S. The smallest absolute Gasteiger partial charge is 0.214 e. The first kappa shape index (κ1) is 20.5. The van der Waals surface area contributed by atoms with Gasteiger partial charge in [0.1, 0.15) is 5.75 Å². The Balaban J connectivity index is 1.60. The molecule has 3 aliphatic rings. The highest BCUT2D eigenvalue weighted by Crippen LogP contribution is 2.44. The first-order valence-corrected chi connectivity index (χ1v) is 12.5. The molecule has 156 valence electrons. The van der Waals surface area contributed by atoms with E-state index in [0.717, 1.165) is 44.5 Å². The van der Waals surface area contributed by atoms with Crippen molar-refractivity contribution < 1.29 is 13.2 Å². The van der Waals surface area contributed by atoms with E-state index >= 15 is 0 Å². The number of piperidine rings is 2. The number of ether oxygens (including phenoxy) is 1. The number of fused-ring (bicyclic) bond motifs is 4. The molecule has 5 nitrogen and oxygen atoms in total. The van der Waals surface area contributed by atoms with E-state index in [1.54, 1.807) is 7.11 Å². The minimum absolute atomic E-state index is 0.0185. The zero-order chi connectivity index (χ0) is 19.9. The SMILES string of the molecule is COc1ccc2c(c1)CCN1C[C@@H]3CCCN(S(=O)(=O)CC(C)CCl)[C@@H]3C[C@@H]21. The molecule has 0 spiro atoms. The zero-order valence-electron chi connectivity index (χ0n) is 16.8. The highest BCUT2D eigenvalue weighted by atomic mass is 35.5. The molecule has 1 aromatic carbocycles. The summed E-state index contributed by atoms with van der Waals surface area (Å²) < 4.78 is 33.5. The molecule has 0 bridgehead atoms. The Morgan fingerprint density at radius 3 is 2.89 bits per heavy atom. The summed E-state index contributed by atoms with van der Waals surface area (Å²) in [7, 11) is -1.58. The van der Waals surface area contributed by atoms with Crippen molar-refractivity contribution in [3.63, 3.8) is 0 Å². The lowest BCUT2D eigenvalue weighted by Gasteiger charge is -2.51. The van der Waals surface area contributed by atoms with Crippen LogP contribution in [-0.2, 0) is 16.4 Å². The van der Waals surface area contributed by atoms with Crippen molar-refractivity contribution >= 4 is 21.6 Å². The average molecular weight is 427 g/mol. The molecule has 1 unspecified atom stereocenters. The summed E-state index contributed by atoms with van der Waals surface area (Å²) in [6, 6.07) is 6.78. The Hall–Kier alpha value is -0.820. The first-order chi connectivity index (χ1) is 13.4. The summed E-state index contributed by atoms with van der Waals surface area (Å²) in [5.74, 6) is 1.85. The molecule has 2 fully saturated rings. The van der Waals surface area contributed by atoms with Crippen molar-refractivity contribution in [3.8, 4) is 5.75 Å². The molecule has 0 N–H and O–H groups in total. The van der Waals surface area contributed by atoms with Crippen molar-refractivity contribution in [2.45, 2.75) is 44.7 Å². The van der Waals surface area contributed by atoms with E-state index in [1.165, 1.54) is 11.1 Å². The summed E-state index contributed by atoms with van der Waals surface area (Å²) in [5, 5.41) is 0. The molecule has 4 rings (SSSR count). The van der Waals surface area contributed by atoms with Gasteiger partial charge in [-0.15, -0.1) is 11.6 Å². The summed E-state index contributed by atoms with van der Waals surface area (Å²) >= 11 is 5.91. The molecule has 0 amide bonds. The van der Waals surface area contributed by atoms with Gasteiger partial charge in [0, 0.05) is 37.6 Å². The molecule has 1 aromatic rings. The van der Waals surface area contributed by atoms with Gasteiger partial charge >= 0.3 is 0 Å². The van der Waals surface area contributed by atoms with E-state index in [4.69, 9.17) is 16.3 Å². The van der Waals surface area contributed by atoms with Crippen molar-refractivity contribution in [2.75, 3.05) is 38.4 Å². The number of sulfonamides is 1. The van der Waals surface area contributed by atoms with Gasteiger partial charge in [0.05, 0.1) is 12.9 Å². The Labute approximate surface area is 174 Å². The summed E-state index contributed by atoms with van der Waals surface area (Å²) in [6.45, 7) is 4.61. The van der Waals surface area contributed by atoms with E-state index in [0.29, 0.717) is 24.4 Å². The van der Waals surface area contributed by atoms with Crippen LogP contribution in [0.15, 0.2) is 18.2 Å². The summed E-state index contributed by atoms with van der Waals surface area (Å²) in [5.41, 5.74) is 2.70. The lowest BCUT2D eigenvalue weighted by Crippen LogP contribution is -2.58. The fourth-order valence-electron chi connectivity index (χ4n) is 5.36. The lowest BCUT2D eigenvalue weighted by atomic mass is 9.77. The molecule has 3 heterocycles. The van der Waals surface area contributed by atoms with Gasteiger partial charge < -0.3 is 4.74 Å². The second kappa shape index (κ2) is 8.13. The number of nitrogens with zero attached hydrogens (tertiary/aromatic N) is 2. The van der Waals surface area contributed by atoms with Crippen LogP contribution < -0.4 is 4.74 Å². The van der Waals surface area contributed by atoms with Crippen LogP contribution in [0.1, 0.15) is 43.4 Å². The molecule has 0 aliphatic carbocycles. The van der Waals surface area contributed by atoms with E-state index in [9.17, 15) is 8.42 Å². The minimum Gasteiger partial charge on any atom is -0.497 e. The van der Waals surface area contributed by atoms with Crippen LogP contribution in [0.4, 0.5) is 0 Å². The second-order valence-corrected chi connectivity index (χ2v) is 11.0. The van der Waals surface area contributed by atoms with E-state index < -0.39 is 10.0 Å². The number of benzene rings is 1. The molecule has 28 heavy (non-hydrogen) atoms. The fourth-order valence-corrected chi connectivity index (χ4v) is 7.71. The normalized spacial score (nSPS) is 29.5. The number of hydrogen-bond donors (Lipinski definition) is 0. The lowest BCUT2D eigenvalue weighted by molar-refractivity contribution is 0.0219. The third kappa shape index (κ3) is 3.81. The van der Waals surface area contributed by atoms with Gasteiger partial charge in [0.15, 0.2) is 0 Å².